The number of aliphatic hydroxyl groups excluding tert-OH is 2. The summed E-state index contributed by atoms with van der Waals surface area (Å²) < 4.78 is 0. The van der Waals surface area contributed by atoms with Crippen LogP contribution in [0.5, 0.6) is 0 Å². The Labute approximate surface area is 76.2 Å². The van der Waals surface area contributed by atoms with Crippen LogP contribution in [-0.4, -0.2) is 34.5 Å². The molecule has 0 amide bonds. The number of nitrogens with two attached hydrogens (primary N) is 1. The van der Waals surface area contributed by atoms with Gasteiger partial charge in [0.1, 0.15) is 5.82 Å². The van der Waals surface area contributed by atoms with E-state index in [-0.39, 0.29) is 13.2 Å². The van der Waals surface area contributed by atoms with Crippen molar-refractivity contribution in [3.63, 3.8) is 0 Å². The Balaban J connectivity index is 2.45. The zero-order valence-electron chi connectivity index (χ0n) is 7.14. The quantitative estimate of drug-likeness (QED) is 0.501. The van der Waals surface area contributed by atoms with Gasteiger partial charge in [-0.15, -0.1) is 0 Å². The highest BCUT2D eigenvalue weighted by molar-refractivity contribution is 5.48. The van der Waals surface area contributed by atoms with Crippen LogP contribution in [0.25, 0.3) is 0 Å². The van der Waals surface area contributed by atoms with Gasteiger partial charge in [-0.05, 0) is 6.07 Å². The van der Waals surface area contributed by atoms with Gasteiger partial charge in [-0.25, -0.2) is 4.98 Å². The Kier molecular flexibility index (Phi) is 3.48. The van der Waals surface area contributed by atoms with Gasteiger partial charge in [-0.2, -0.15) is 0 Å². The highest BCUT2D eigenvalue weighted by Crippen LogP contribution is 2.07. The predicted molar refractivity (Wildman–Crippen MR) is 50.2 cm³/mol. The molecule has 0 spiro atoms. The van der Waals surface area contributed by atoms with Gasteiger partial charge in [0.25, 0.3) is 0 Å². The Morgan fingerprint density at radius 1 is 1.62 bits per heavy atom. The Morgan fingerprint density at radius 2 is 2.38 bits per heavy atom. The molecule has 0 aromatic carbocycles. The summed E-state index contributed by atoms with van der Waals surface area (Å²) in [5.41, 5.74) is 6.11. The van der Waals surface area contributed by atoms with Crippen LogP contribution < -0.4 is 11.1 Å². The van der Waals surface area contributed by atoms with E-state index in [9.17, 15) is 0 Å². The van der Waals surface area contributed by atoms with E-state index >= 15 is 0 Å². The summed E-state index contributed by atoms with van der Waals surface area (Å²) in [5, 5.41) is 20.4. The lowest BCUT2D eigenvalue weighted by molar-refractivity contribution is 0.105. The molecule has 0 aliphatic rings. The van der Waals surface area contributed by atoms with E-state index in [2.05, 4.69) is 10.3 Å². The number of hydrogen-bond acceptors (Lipinski definition) is 5. The number of aliphatic hydroxyl groups is 2. The van der Waals surface area contributed by atoms with Crippen molar-refractivity contribution < 1.29 is 10.2 Å². The molecule has 0 saturated carbocycles. The van der Waals surface area contributed by atoms with Crippen molar-refractivity contribution in [2.75, 3.05) is 24.2 Å². The zero-order chi connectivity index (χ0) is 9.68. The Morgan fingerprint density at radius 3 is 3.00 bits per heavy atom. The van der Waals surface area contributed by atoms with Gasteiger partial charge < -0.3 is 21.3 Å². The molecule has 5 heteroatoms. The van der Waals surface area contributed by atoms with Gasteiger partial charge in [0.15, 0.2) is 0 Å². The molecule has 0 aliphatic heterocycles. The molecule has 72 valence electrons. The van der Waals surface area contributed by atoms with E-state index < -0.39 is 6.10 Å². The van der Waals surface area contributed by atoms with Crippen molar-refractivity contribution in [3.8, 4) is 0 Å². The third-order valence-corrected chi connectivity index (χ3v) is 1.51. The minimum absolute atomic E-state index is 0.257. The maximum atomic E-state index is 9.02. The molecule has 13 heavy (non-hydrogen) atoms. The van der Waals surface area contributed by atoms with Crippen LogP contribution in [-0.2, 0) is 0 Å². The summed E-state index contributed by atoms with van der Waals surface area (Å²) in [5.74, 6) is 0.590. The maximum absolute atomic E-state index is 9.02. The van der Waals surface area contributed by atoms with Gasteiger partial charge in [0.2, 0.25) is 0 Å². The van der Waals surface area contributed by atoms with Gasteiger partial charge in [0.05, 0.1) is 12.7 Å². The highest BCUT2D eigenvalue weighted by Gasteiger charge is 2.01. The summed E-state index contributed by atoms with van der Waals surface area (Å²) in [6.07, 6.45) is 0.798. The second-order valence-corrected chi connectivity index (χ2v) is 2.69. The third kappa shape index (κ3) is 3.27. The number of rotatable bonds is 4. The first-order valence-corrected chi connectivity index (χ1v) is 3.96. The Hall–Kier alpha value is -1.33. The van der Waals surface area contributed by atoms with Crippen LogP contribution in [0.4, 0.5) is 11.5 Å². The molecule has 0 fully saturated rings. The fraction of sp³-hybridized carbons (Fsp3) is 0.375. The van der Waals surface area contributed by atoms with Gasteiger partial charge >= 0.3 is 0 Å². The number of pyridine rings is 1. The fourth-order valence-electron chi connectivity index (χ4n) is 0.830. The van der Waals surface area contributed by atoms with Crippen LogP contribution in [0.2, 0.25) is 0 Å². The van der Waals surface area contributed by atoms with E-state index in [1.54, 1.807) is 18.3 Å². The smallest absolute Gasteiger partial charge is 0.128 e. The molecule has 5 nitrogen and oxygen atoms in total. The third-order valence-electron chi connectivity index (χ3n) is 1.51. The van der Waals surface area contributed by atoms with Crippen molar-refractivity contribution in [3.05, 3.63) is 18.3 Å². The fourth-order valence-corrected chi connectivity index (χ4v) is 0.830. The lowest BCUT2D eigenvalue weighted by Crippen LogP contribution is -2.23. The second-order valence-electron chi connectivity index (χ2n) is 2.69. The van der Waals surface area contributed by atoms with Crippen LogP contribution >= 0.6 is 0 Å². The molecule has 1 aromatic rings. The largest absolute Gasteiger partial charge is 0.399 e. The first-order chi connectivity index (χ1) is 6.22. The van der Waals surface area contributed by atoms with Gasteiger partial charge in [-0.1, -0.05) is 0 Å². The zero-order valence-corrected chi connectivity index (χ0v) is 7.14. The Bertz CT molecular complexity index is 267. The first-order valence-electron chi connectivity index (χ1n) is 3.96. The van der Waals surface area contributed by atoms with Crippen LogP contribution in [0.1, 0.15) is 0 Å². The number of hydrogen-bond donors (Lipinski definition) is 4. The summed E-state index contributed by atoms with van der Waals surface area (Å²) >= 11 is 0. The predicted octanol–water partition coefficient (Wildman–Crippen LogP) is -0.571. The molecule has 1 rings (SSSR count). The molecule has 0 bridgehead atoms. The van der Waals surface area contributed by atoms with E-state index in [4.69, 9.17) is 15.9 Å². The van der Waals surface area contributed by atoms with Crippen LogP contribution in [0.15, 0.2) is 18.3 Å². The van der Waals surface area contributed by atoms with Crippen molar-refractivity contribution in [1.29, 1.82) is 0 Å². The maximum Gasteiger partial charge on any atom is 0.128 e. The number of aromatic nitrogens is 1. The molecule has 0 aliphatic carbocycles. The molecular formula is C8H13N3O2. The average molecular weight is 183 g/mol. The monoisotopic (exact) mass is 183 g/mol. The topological polar surface area (TPSA) is 91.4 Å². The highest BCUT2D eigenvalue weighted by atomic mass is 16.3. The molecule has 1 heterocycles. The van der Waals surface area contributed by atoms with E-state index in [1.807, 2.05) is 0 Å². The number of anilines is 2. The van der Waals surface area contributed by atoms with Gasteiger partial charge in [0, 0.05) is 24.5 Å². The van der Waals surface area contributed by atoms with Crippen molar-refractivity contribution >= 4 is 11.5 Å². The minimum Gasteiger partial charge on any atom is -0.399 e. The lowest BCUT2D eigenvalue weighted by atomic mass is 10.3. The van der Waals surface area contributed by atoms with Crippen molar-refractivity contribution in [2.45, 2.75) is 6.10 Å². The average Bonchev–Trinajstić information content (AvgIpc) is 2.14. The van der Waals surface area contributed by atoms with Crippen molar-refractivity contribution in [2.24, 2.45) is 0 Å². The summed E-state index contributed by atoms with van der Waals surface area (Å²) in [7, 11) is 0. The van der Waals surface area contributed by atoms with Crippen LogP contribution in [0.3, 0.4) is 0 Å². The number of nitrogen functional groups attached to an aromatic ring is 1. The van der Waals surface area contributed by atoms with E-state index in [0.717, 1.165) is 0 Å². The van der Waals surface area contributed by atoms with Crippen molar-refractivity contribution in [1.82, 2.24) is 4.98 Å². The summed E-state index contributed by atoms with van der Waals surface area (Å²) in [6, 6.07) is 3.33. The molecule has 1 aromatic heterocycles. The SMILES string of the molecule is Nc1ccnc(NCC(O)CO)c1. The number of nitrogens with one attached hydrogen (secondary N) is 1. The van der Waals surface area contributed by atoms with E-state index in [1.165, 1.54) is 0 Å². The standard InChI is InChI=1S/C8H13N3O2/c9-6-1-2-10-8(3-6)11-4-7(13)5-12/h1-3,7,12-13H,4-5H2,(H3,9,10,11). The second kappa shape index (κ2) is 4.64. The lowest BCUT2D eigenvalue weighted by Gasteiger charge is -2.09. The minimum atomic E-state index is -0.775. The van der Waals surface area contributed by atoms with Crippen LogP contribution in [0, 0.1) is 0 Å². The summed E-state index contributed by atoms with van der Waals surface area (Å²) in [6.45, 7) is -0.0116. The normalized spacial score (nSPS) is 12.5. The number of nitrogens with zero attached hydrogens (tertiary/aromatic N) is 1. The molecule has 1 unspecified atom stereocenters. The molecule has 0 saturated heterocycles. The molecule has 0 radical (unpaired) electrons. The molecule has 5 N–H and O–H groups in total. The van der Waals surface area contributed by atoms with E-state index in [0.29, 0.717) is 11.5 Å². The first kappa shape index (κ1) is 9.76. The summed E-state index contributed by atoms with van der Waals surface area (Å²) in [4.78, 5) is 3.96. The molecular weight excluding hydrogens is 170 g/mol. The molecule has 1 atom stereocenters. The van der Waals surface area contributed by atoms with Gasteiger partial charge in [-0.3, -0.25) is 0 Å².